The van der Waals surface area contributed by atoms with Gasteiger partial charge in [0.2, 0.25) is 0 Å². The van der Waals surface area contributed by atoms with Gasteiger partial charge in [-0.2, -0.15) is 0 Å². The van der Waals surface area contributed by atoms with Gasteiger partial charge in [0.25, 0.3) is 0 Å². The van der Waals surface area contributed by atoms with Gasteiger partial charge in [0.15, 0.2) is 17.3 Å². The minimum absolute atomic E-state index is 0.112. The van der Waals surface area contributed by atoms with Crippen molar-refractivity contribution in [1.82, 2.24) is 0 Å². The van der Waals surface area contributed by atoms with Crippen molar-refractivity contribution < 1.29 is 19.1 Å². The molecule has 1 atom stereocenters. The van der Waals surface area contributed by atoms with Crippen LogP contribution >= 0.6 is 15.9 Å². The molecule has 1 unspecified atom stereocenters. The molecule has 1 heterocycles. The van der Waals surface area contributed by atoms with Gasteiger partial charge in [0.05, 0.1) is 11.6 Å². The molecule has 0 aromatic heterocycles. The monoisotopic (exact) mass is 519 g/mol. The molecule has 1 aliphatic carbocycles. The normalized spacial score (nSPS) is 18.7. The average molecular weight is 520 g/mol. The third kappa shape index (κ3) is 3.80. The fourth-order valence-corrected chi connectivity index (χ4v) is 5.83. The fraction of sp³-hybridized carbons (Fsp3) is 0.286. The number of Topliss-reactive ketones (excluding diaryl/α,β-unsaturated/α-hetero) is 1. The second-order valence-corrected chi connectivity index (χ2v) is 10.6. The van der Waals surface area contributed by atoms with E-state index < -0.39 is 5.97 Å². The van der Waals surface area contributed by atoms with Gasteiger partial charge in [0, 0.05) is 36.2 Å². The van der Waals surface area contributed by atoms with Crippen LogP contribution in [0, 0.1) is 5.41 Å². The van der Waals surface area contributed by atoms with Crippen molar-refractivity contribution >= 4 is 44.1 Å². The zero-order valence-electron chi connectivity index (χ0n) is 19.6. The van der Waals surface area contributed by atoms with Crippen LogP contribution in [0.15, 0.2) is 64.3 Å². The van der Waals surface area contributed by atoms with Crippen LogP contribution in [0.3, 0.4) is 0 Å². The molecule has 6 heteroatoms. The van der Waals surface area contributed by atoms with Gasteiger partial charge in [-0.3, -0.25) is 9.59 Å². The van der Waals surface area contributed by atoms with E-state index in [2.05, 4.69) is 59.4 Å². The Morgan fingerprint density at radius 3 is 2.62 bits per heavy atom. The molecular formula is C28H26BrNO4. The lowest BCUT2D eigenvalue weighted by molar-refractivity contribution is -0.132. The Morgan fingerprint density at radius 1 is 1.12 bits per heavy atom. The molecule has 0 radical (unpaired) electrons. The van der Waals surface area contributed by atoms with Crippen LogP contribution in [0.25, 0.3) is 10.8 Å². The number of allylic oxidation sites excluding steroid dienone is 2. The lowest BCUT2D eigenvalue weighted by Crippen LogP contribution is -2.34. The molecular weight excluding hydrogens is 494 g/mol. The van der Waals surface area contributed by atoms with Crippen molar-refractivity contribution in [2.75, 3.05) is 12.4 Å². The maximum atomic E-state index is 13.6. The number of fused-ring (bicyclic) bond motifs is 3. The molecule has 34 heavy (non-hydrogen) atoms. The van der Waals surface area contributed by atoms with Crippen LogP contribution in [0.4, 0.5) is 5.69 Å². The number of carbonyl (C=O) groups is 2. The summed E-state index contributed by atoms with van der Waals surface area (Å²) in [6, 6.07) is 16.2. The summed E-state index contributed by atoms with van der Waals surface area (Å²) in [5.41, 5.74) is 4.65. The van der Waals surface area contributed by atoms with E-state index in [-0.39, 0.29) is 17.1 Å². The van der Waals surface area contributed by atoms with Gasteiger partial charge >= 0.3 is 5.97 Å². The van der Waals surface area contributed by atoms with Crippen LogP contribution in [-0.4, -0.2) is 18.9 Å². The van der Waals surface area contributed by atoms with Crippen molar-refractivity contribution in [3.63, 3.8) is 0 Å². The van der Waals surface area contributed by atoms with Crippen molar-refractivity contribution in [2.24, 2.45) is 5.41 Å². The van der Waals surface area contributed by atoms with Crippen LogP contribution in [0.2, 0.25) is 0 Å². The number of rotatable bonds is 3. The molecule has 0 saturated carbocycles. The van der Waals surface area contributed by atoms with Gasteiger partial charge < -0.3 is 14.8 Å². The molecule has 0 spiro atoms. The first-order valence-corrected chi connectivity index (χ1v) is 12.1. The highest BCUT2D eigenvalue weighted by molar-refractivity contribution is 9.10. The predicted molar refractivity (Wildman–Crippen MR) is 136 cm³/mol. The van der Waals surface area contributed by atoms with E-state index in [4.69, 9.17) is 9.47 Å². The molecule has 3 aromatic rings. The number of benzene rings is 3. The molecule has 5 nitrogen and oxygen atoms in total. The number of ether oxygens (including phenoxy) is 2. The molecule has 5 rings (SSSR count). The average Bonchev–Trinajstić information content (AvgIpc) is 2.77. The van der Waals surface area contributed by atoms with E-state index in [1.165, 1.54) is 6.92 Å². The van der Waals surface area contributed by atoms with E-state index in [1.54, 1.807) is 7.11 Å². The van der Waals surface area contributed by atoms with Crippen LogP contribution in [0.5, 0.6) is 11.5 Å². The standard InChI is InChI=1S/C28H26BrNO4/c1-15(31)34-27-19(29)11-17(12-23(27)33-4)24-25-18-8-6-5-7-16(18)9-10-20(25)30-21-13-28(2,3)14-22(32)26(21)24/h5-12,24,30H,13-14H2,1-4H3. The fourth-order valence-electron chi connectivity index (χ4n) is 5.29. The van der Waals surface area contributed by atoms with E-state index in [0.717, 1.165) is 45.3 Å². The molecule has 1 N–H and O–H groups in total. The number of ketones is 1. The number of hydrogen-bond donors (Lipinski definition) is 1. The molecule has 0 fully saturated rings. The summed E-state index contributed by atoms with van der Waals surface area (Å²) in [6.07, 6.45) is 1.29. The van der Waals surface area contributed by atoms with E-state index >= 15 is 0 Å². The van der Waals surface area contributed by atoms with Crippen LogP contribution in [-0.2, 0) is 9.59 Å². The number of halogens is 1. The van der Waals surface area contributed by atoms with Crippen LogP contribution in [0.1, 0.15) is 50.7 Å². The molecule has 0 saturated heterocycles. The first-order valence-electron chi connectivity index (χ1n) is 11.3. The topological polar surface area (TPSA) is 64.6 Å². The van der Waals surface area contributed by atoms with Gasteiger partial charge in [-0.25, -0.2) is 0 Å². The quantitative estimate of drug-likeness (QED) is 0.306. The van der Waals surface area contributed by atoms with Crippen LogP contribution < -0.4 is 14.8 Å². The molecule has 2 aliphatic rings. The smallest absolute Gasteiger partial charge is 0.308 e. The summed E-state index contributed by atoms with van der Waals surface area (Å²) in [7, 11) is 1.54. The molecule has 0 amide bonds. The van der Waals surface area contributed by atoms with Crippen molar-refractivity contribution in [3.05, 3.63) is 75.4 Å². The number of nitrogens with one attached hydrogen (secondary N) is 1. The zero-order valence-corrected chi connectivity index (χ0v) is 21.2. The summed E-state index contributed by atoms with van der Waals surface area (Å²) in [4.78, 5) is 25.3. The summed E-state index contributed by atoms with van der Waals surface area (Å²) >= 11 is 3.57. The largest absolute Gasteiger partial charge is 0.493 e. The van der Waals surface area contributed by atoms with Crippen molar-refractivity contribution in [1.29, 1.82) is 0 Å². The summed E-state index contributed by atoms with van der Waals surface area (Å²) < 4.78 is 11.6. The number of esters is 1. The van der Waals surface area contributed by atoms with E-state index in [1.807, 2.05) is 24.3 Å². The van der Waals surface area contributed by atoms with Gasteiger partial charge in [-0.1, -0.05) is 44.2 Å². The predicted octanol–water partition coefficient (Wildman–Crippen LogP) is 6.74. The number of hydrogen-bond acceptors (Lipinski definition) is 5. The Bertz CT molecular complexity index is 1390. The first-order chi connectivity index (χ1) is 16.2. The summed E-state index contributed by atoms with van der Waals surface area (Å²) in [5.74, 6) is 0.209. The molecule has 174 valence electrons. The number of carbonyl (C=O) groups excluding carboxylic acids is 2. The number of anilines is 1. The Morgan fingerprint density at radius 2 is 1.88 bits per heavy atom. The van der Waals surface area contributed by atoms with Gasteiger partial charge in [0.1, 0.15) is 0 Å². The second-order valence-electron chi connectivity index (χ2n) is 9.77. The van der Waals surface area contributed by atoms with Crippen molar-refractivity contribution in [3.8, 4) is 11.5 Å². The van der Waals surface area contributed by atoms with Crippen molar-refractivity contribution in [2.45, 2.75) is 39.5 Å². The maximum absolute atomic E-state index is 13.6. The summed E-state index contributed by atoms with van der Waals surface area (Å²) in [5, 5.41) is 5.82. The SMILES string of the molecule is COc1cc(C2C3=C(CC(C)(C)CC3=O)Nc3ccc4ccccc4c32)cc(Br)c1OC(C)=O. The third-order valence-corrected chi connectivity index (χ3v) is 7.17. The maximum Gasteiger partial charge on any atom is 0.308 e. The first kappa shape index (κ1) is 22.7. The molecule has 3 aromatic carbocycles. The Labute approximate surface area is 207 Å². The third-order valence-electron chi connectivity index (χ3n) is 6.58. The highest BCUT2D eigenvalue weighted by atomic mass is 79.9. The lowest BCUT2D eigenvalue weighted by Gasteiger charge is -2.40. The highest BCUT2D eigenvalue weighted by Crippen LogP contribution is 2.52. The minimum Gasteiger partial charge on any atom is -0.493 e. The second kappa shape index (κ2) is 8.27. The zero-order chi connectivity index (χ0) is 24.2. The van der Waals surface area contributed by atoms with Gasteiger partial charge in [-0.05, 0) is 67.9 Å². The Hall–Kier alpha value is -3.12. The minimum atomic E-state index is -0.431. The number of methoxy groups -OCH3 is 1. The van der Waals surface area contributed by atoms with E-state index in [9.17, 15) is 9.59 Å². The summed E-state index contributed by atoms with van der Waals surface area (Å²) in [6.45, 7) is 5.62. The Kier molecular flexibility index (Phi) is 5.52. The lowest BCUT2D eigenvalue weighted by atomic mass is 9.68. The van der Waals surface area contributed by atoms with E-state index in [0.29, 0.717) is 22.4 Å². The van der Waals surface area contributed by atoms with Gasteiger partial charge in [-0.15, -0.1) is 0 Å². The highest BCUT2D eigenvalue weighted by Gasteiger charge is 2.41. The molecule has 0 bridgehead atoms. The Balaban J connectivity index is 1.80. The molecule has 1 aliphatic heterocycles.